The number of aromatic nitrogens is 2. The molecule has 1 aliphatic rings. The van der Waals surface area contributed by atoms with Crippen molar-refractivity contribution in [2.45, 2.75) is 19.8 Å². The summed E-state index contributed by atoms with van der Waals surface area (Å²) in [6.45, 7) is 2.84. The molecule has 18 heavy (non-hydrogen) atoms. The van der Waals surface area contributed by atoms with E-state index in [1.165, 1.54) is 0 Å². The van der Waals surface area contributed by atoms with Crippen LogP contribution in [0.1, 0.15) is 29.0 Å². The fraction of sp³-hybridized carbons (Fsp3) is 0.583. The van der Waals surface area contributed by atoms with Crippen LogP contribution in [0.5, 0.6) is 0 Å². The fourth-order valence-electron chi connectivity index (χ4n) is 2.30. The molecule has 0 aliphatic carbocycles. The molecule has 1 aromatic heterocycles. The summed E-state index contributed by atoms with van der Waals surface area (Å²) in [4.78, 5) is 24.8. The van der Waals surface area contributed by atoms with E-state index in [2.05, 4.69) is 5.10 Å². The third-order valence-corrected chi connectivity index (χ3v) is 3.35. The first-order chi connectivity index (χ1) is 8.49. The monoisotopic (exact) mass is 251 g/mol. The van der Waals surface area contributed by atoms with Gasteiger partial charge in [-0.15, -0.1) is 0 Å². The van der Waals surface area contributed by atoms with Gasteiger partial charge in [-0.1, -0.05) is 0 Å². The minimum absolute atomic E-state index is 0.0676. The molecule has 0 unspecified atom stereocenters. The molecule has 1 N–H and O–H groups in total. The molecule has 6 heteroatoms. The van der Waals surface area contributed by atoms with Crippen molar-refractivity contribution >= 4 is 11.9 Å². The van der Waals surface area contributed by atoms with Crippen LogP contribution in [0.25, 0.3) is 0 Å². The number of amides is 1. The maximum Gasteiger partial charge on any atom is 0.306 e. The molecule has 0 atom stereocenters. The number of aryl methyl sites for hydroxylation is 2. The molecule has 98 valence electrons. The number of aliphatic carboxylic acids is 1. The lowest BCUT2D eigenvalue weighted by atomic mass is 9.97. The Labute approximate surface area is 105 Å². The van der Waals surface area contributed by atoms with Crippen LogP contribution in [0.4, 0.5) is 0 Å². The summed E-state index contributed by atoms with van der Waals surface area (Å²) in [6.07, 6.45) is 1.05. The highest BCUT2D eigenvalue weighted by atomic mass is 16.4. The first-order valence-corrected chi connectivity index (χ1v) is 6.01. The van der Waals surface area contributed by atoms with Gasteiger partial charge in [0.25, 0.3) is 5.91 Å². The molecule has 0 spiro atoms. The van der Waals surface area contributed by atoms with Crippen LogP contribution in [0.2, 0.25) is 0 Å². The molecule has 1 aliphatic heterocycles. The van der Waals surface area contributed by atoms with Gasteiger partial charge >= 0.3 is 5.97 Å². The van der Waals surface area contributed by atoms with Crippen molar-refractivity contribution in [2.75, 3.05) is 13.1 Å². The molecule has 1 aromatic rings. The largest absolute Gasteiger partial charge is 0.481 e. The standard InChI is InChI=1S/C12H17N3O3/c1-8-7-10(14(2)13-8)11(16)15-5-3-9(4-6-15)12(17)18/h7,9H,3-6H2,1-2H3,(H,17,18). The van der Waals surface area contributed by atoms with Crippen LogP contribution < -0.4 is 0 Å². The van der Waals surface area contributed by atoms with E-state index in [-0.39, 0.29) is 11.8 Å². The lowest BCUT2D eigenvalue weighted by molar-refractivity contribution is -0.143. The van der Waals surface area contributed by atoms with Crippen LogP contribution in [0.15, 0.2) is 6.07 Å². The lowest BCUT2D eigenvalue weighted by Gasteiger charge is -2.29. The van der Waals surface area contributed by atoms with E-state index < -0.39 is 5.97 Å². The molecule has 2 heterocycles. The van der Waals surface area contributed by atoms with Gasteiger partial charge in [-0.3, -0.25) is 14.3 Å². The third kappa shape index (κ3) is 2.37. The van der Waals surface area contributed by atoms with Gasteiger partial charge in [-0.05, 0) is 25.8 Å². The lowest BCUT2D eigenvalue weighted by Crippen LogP contribution is -2.40. The smallest absolute Gasteiger partial charge is 0.306 e. The minimum atomic E-state index is -0.765. The Balaban J connectivity index is 2.04. The Hall–Kier alpha value is -1.85. The van der Waals surface area contributed by atoms with Crippen LogP contribution in [-0.4, -0.2) is 44.8 Å². The van der Waals surface area contributed by atoms with Crippen molar-refractivity contribution in [3.05, 3.63) is 17.5 Å². The van der Waals surface area contributed by atoms with E-state index in [4.69, 9.17) is 5.11 Å². The number of likely N-dealkylation sites (tertiary alicyclic amines) is 1. The Kier molecular flexibility index (Phi) is 3.36. The summed E-state index contributed by atoms with van der Waals surface area (Å²) in [5.74, 6) is -1.15. The first kappa shape index (κ1) is 12.6. The number of rotatable bonds is 2. The van der Waals surface area contributed by atoms with E-state index >= 15 is 0 Å². The molecule has 0 saturated carbocycles. The average molecular weight is 251 g/mol. The number of carboxylic acid groups (broad SMARTS) is 1. The van der Waals surface area contributed by atoms with E-state index in [9.17, 15) is 9.59 Å². The second-order valence-corrected chi connectivity index (χ2v) is 4.70. The molecule has 2 rings (SSSR count). The minimum Gasteiger partial charge on any atom is -0.481 e. The van der Waals surface area contributed by atoms with Gasteiger partial charge < -0.3 is 10.0 Å². The molecule has 0 bridgehead atoms. The maximum absolute atomic E-state index is 12.2. The second-order valence-electron chi connectivity index (χ2n) is 4.70. The molecule has 1 saturated heterocycles. The summed E-state index contributed by atoms with van der Waals surface area (Å²) in [5.41, 5.74) is 1.36. The van der Waals surface area contributed by atoms with Gasteiger partial charge in [-0.2, -0.15) is 5.10 Å². The van der Waals surface area contributed by atoms with Crippen LogP contribution in [-0.2, 0) is 11.8 Å². The number of hydrogen-bond acceptors (Lipinski definition) is 3. The first-order valence-electron chi connectivity index (χ1n) is 6.01. The molecular formula is C12H17N3O3. The van der Waals surface area contributed by atoms with Gasteiger partial charge in [0.05, 0.1) is 11.6 Å². The fourth-order valence-corrected chi connectivity index (χ4v) is 2.30. The SMILES string of the molecule is Cc1cc(C(=O)N2CCC(C(=O)O)CC2)n(C)n1. The third-order valence-electron chi connectivity index (χ3n) is 3.35. The Bertz CT molecular complexity index is 473. The van der Waals surface area contributed by atoms with E-state index in [1.807, 2.05) is 6.92 Å². The van der Waals surface area contributed by atoms with Crippen molar-refractivity contribution in [1.29, 1.82) is 0 Å². The van der Waals surface area contributed by atoms with Crippen LogP contribution in [0.3, 0.4) is 0 Å². The highest BCUT2D eigenvalue weighted by Gasteiger charge is 2.28. The maximum atomic E-state index is 12.2. The second kappa shape index (κ2) is 4.80. The molecule has 1 amide bonds. The van der Waals surface area contributed by atoms with Gasteiger partial charge in [0.1, 0.15) is 5.69 Å². The van der Waals surface area contributed by atoms with Gasteiger partial charge in [-0.25, -0.2) is 0 Å². The van der Waals surface area contributed by atoms with Crippen molar-refractivity contribution < 1.29 is 14.7 Å². The molecule has 6 nitrogen and oxygen atoms in total. The zero-order chi connectivity index (χ0) is 13.3. The predicted octanol–water partition coefficient (Wildman–Crippen LogP) is 0.665. The normalized spacial score (nSPS) is 16.9. The van der Waals surface area contributed by atoms with E-state index in [0.717, 1.165) is 5.69 Å². The number of carbonyl (C=O) groups is 2. The Morgan fingerprint density at radius 1 is 1.39 bits per heavy atom. The molecule has 0 radical (unpaired) electrons. The predicted molar refractivity (Wildman–Crippen MR) is 64.2 cm³/mol. The summed E-state index contributed by atoms with van der Waals surface area (Å²) in [5, 5.41) is 13.1. The Morgan fingerprint density at radius 3 is 2.44 bits per heavy atom. The molecular weight excluding hydrogens is 234 g/mol. The summed E-state index contributed by atoms with van der Waals surface area (Å²) in [6, 6.07) is 1.76. The summed E-state index contributed by atoms with van der Waals surface area (Å²) < 4.78 is 1.57. The topological polar surface area (TPSA) is 75.4 Å². The van der Waals surface area contributed by atoms with Gasteiger partial charge in [0.2, 0.25) is 0 Å². The number of nitrogens with zero attached hydrogens (tertiary/aromatic N) is 3. The number of hydrogen-bond donors (Lipinski definition) is 1. The van der Waals surface area contributed by atoms with Gasteiger partial charge in [0.15, 0.2) is 0 Å². The van der Waals surface area contributed by atoms with Crippen LogP contribution in [0, 0.1) is 12.8 Å². The van der Waals surface area contributed by atoms with Crippen molar-refractivity contribution in [3.8, 4) is 0 Å². The number of carbonyl (C=O) groups excluding carboxylic acids is 1. The van der Waals surface area contributed by atoms with E-state index in [0.29, 0.717) is 31.6 Å². The molecule has 1 fully saturated rings. The van der Waals surface area contributed by atoms with Crippen molar-refractivity contribution in [2.24, 2.45) is 13.0 Å². The van der Waals surface area contributed by atoms with Crippen molar-refractivity contribution in [3.63, 3.8) is 0 Å². The van der Waals surface area contributed by atoms with Crippen molar-refractivity contribution in [1.82, 2.24) is 14.7 Å². The molecule has 0 aromatic carbocycles. The highest BCUT2D eigenvalue weighted by molar-refractivity contribution is 5.92. The summed E-state index contributed by atoms with van der Waals surface area (Å²) >= 11 is 0. The number of piperidine rings is 1. The highest BCUT2D eigenvalue weighted by Crippen LogP contribution is 2.19. The Morgan fingerprint density at radius 2 is 2.00 bits per heavy atom. The zero-order valence-corrected chi connectivity index (χ0v) is 10.6. The zero-order valence-electron chi connectivity index (χ0n) is 10.6. The van der Waals surface area contributed by atoms with Crippen LogP contribution >= 0.6 is 0 Å². The average Bonchev–Trinajstić information content (AvgIpc) is 2.67. The quantitative estimate of drug-likeness (QED) is 0.838. The number of carboxylic acids is 1. The van der Waals surface area contributed by atoms with E-state index in [1.54, 1.807) is 22.7 Å². The summed E-state index contributed by atoms with van der Waals surface area (Å²) in [7, 11) is 1.74. The van der Waals surface area contributed by atoms with Gasteiger partial charge in [0, 0.05) is 20.1 Å².